The first kappa shape index (κ1) is 19.3. The Morgan fingerprint density at radius 3 is 1.38 bits per heavy atom. The number of carbonyl (C=O) groups excluding carboxylic acids is 3. The second-order valence-corrected chi connectivity index (χ2v) is 7.68. The zero-order valence-electron chi connectivity index (χ0n) is 16.2. The molecule has 0 bridgehead atoms. The quantitative estimate of drug-likeness (QED) is 0.698. The van der Waals surface area contributed by atoms with Crippen LogP contribution in [-0.4, -0.2) is 103 Å². The van der Waals surface area contributed by atoms with Crippen LogP contribution in [0.15, 0.2) is 0 Å². The summed E-state index contributed by atoms with van der Waals surface area (Å²) in [6.07, 6.45) is 0.469. The number of piperazine rings is 2. The summed E-state index contributed by atoms with van der Waals surface area (Å²) in [5.41, 5.74) is 0. The lowest BCUT2D eigenvalue weighted by molar-refractivity contribution is -0.147. The molecule has 2 saturated heterocycles. The maximum atomic E-state index is 13.0. The molecule has 0 aromatic carbocycles. The molecule has 7 nitrogen and oxygen atoms in total. The Balaban J connectivity index is 1.62. The van der Waals surface area contributed by atoms with Gasteiger partial charge < -0.3 is 19.6 Å². The van der Waals surface area contributed by atoms with Gasteiger partial charge in [0.25, 0.3) is 0 Å². The summed E-state index contributed by atoms with van der Waals surface area (Å²) in [6.45, 7) is 12.5. The van der Waals surface area contributed by atoms with Crippen LogP contribution in [0.1, 0.15) is 26.7 Å². The molecule has 2 atom stereocenters. The molecule has 3 rings (SSSR count). The van der Waals surface area contributed by atoms with E-state index in [4.69, 9.17) is 0 Å². The van der Waals surface area contributed by atoms with Crippen molar-refractivity contribution in [3.8, 4) is 0 Å². The average Bonchev–Trinajstić information content (AvgIpc) is 3.08. The third kappa shape index (κ3) is 4.09. The highest BCUT2D eigenvalue weighted by atomic mass is 16.2. The SMILES string of the molecule is CCN1CCN(C(=O)C2CC(=O)CC2C(=O)N2CCN(CC)CC2)CC1. The van der Waals surface area contributed by atoms with E-state index in [0.29, 0.717) is 26.2 Å². The Hall–Kier alpha value is -1.47. The largest absolute Gasteiger partial charge is 0.340 e. The highest BCUT2D eigenvalue weighted by Gasteiger charge is 2.45. The monoisotopic (exact) mass is 364 g/mol. The molecule has 2 aliphatic heterocycles. The molecule has 7 heteroatoms. The van der Waals surface area contributed by atoms with Gasteiger partial charge in [-0.25, -0.2) is 0 Å². The summed E-state index contributed by atoms with van der Waals surface area (Å²) in [4.78, 5) is 46.5. The van der Waals surface area contributed by atoms with Crippen LogP contribution in [0, 0.1) is 11.8 Å². The fourth-order valence-corrected chi connectivity index (χ4v) is 4.42. The van der Waals surface area contributed by atoms with Crippen molar-refractivity contribution in [2.45, 2.75) is 26.7 Å². The van der Waals surface area contributed by atoms with Gasteiger partial charge in [-0.2, -0.15) is 0 Å². The van der Waals surface area contributed by atoms with E-state index in [1.165, 1.54) is 0 Å². The van der Waals surface area contributed by atoms with E-state index in [1.807, 2.05) is 9.80 Å². The first-order valence-electron chi connectivity index (χ1n) is 10.1. The topological polar surface area (TPSA) is 64.2 Å². The number of nitrogens with zero attached hydrogens (tertiary/aromatic N) is 4. The zero-order valence-corrected chi connectivity index (χ0v) is 16.2. The minimum Gasteiger partial charge on any atom is -0.340 e. The summed E-state index contributed by atoms with van der Waals surface area (Å²) in [7, 11) is 0. The van der Waals surface area contributed by atoms with Crippen molar-refractivity contribution < 1.29 is 14.4 Å². The lowest BCUT2D eigenvalue weighted by Gasteiger charge is -2.38. The van der Waals surface area contributed by atoms with Crippen molar-refractivity contribution in [2.24, 2.45) is 11.8 Å². The number of amides is 2. The van der Waals surface area contributed by atoms with E-state index < -0.39 is 11.8 Å². The van der Waals surface area contributed by atoms with E-state index >= 15 is 0 Å². The number of hydrogen-bond donors (Lipinski definition) is 0. The van der Waals surface area contributed by atoms with Gasteiger partial charge in [-0.05, 0) is 13.1 Å². The highest BCUT2D eigenvalue weighted by molar-refractivity contribution is 5.98. The van der Waals surface area contributed by atoms with Crippen molar-refractivity contribution in [1.29, 1.82) is 0 Å². The second kappa shape index (κ2) is 8.48. The summed E-state index contributed by atoms with van der Waals surface area (Å²) in [6, 6.07) is 0. The Morgan fingerprint density at radius 1 is 0.731 bits per heavy atom. The van der Waals surface area contributed by atoms with Crippen LogP contribution in [0.4, 0.5) is 0 Å². The Bertz CT molecular complexity index is 491. The lowest BCUT2D eigenvalue weighted by Crippen LogP contribution is -2.53. The number of carbonyl (C=O) groups is 3. The molecular formula is C19H32N4O3. The lowest BCUT2D eigenvalue weighted by atomic mass is 9.92. The second-order valence-electron chi connectivity index (χ2n) is 7.68. The van der Waals surface area contributed by atoms with Gasteiger partial charge in [-0.15, -0.1) is 0 Å². The van der Waals surface area contributed by atoms with Crippen molar-refractivity contribution in [1.82, 2.24) is 19.6 Å². The number of ketones is 1. The number of rotatable bonds is 4. The fourth-order valence-electron chi connectivity index (χ4n) is 4.42. The molecular weight excluding hydrogens is 332 g/mol. The predicted molar refractivity (Wildman–Crippen MR) is 98.6 cm³/mol. The molecule has 1 aliphatic carbocycles. The van der Waals surface area contributed by atoms with Crippen molar-refractivity contribution in [3.63, 3.8) is 0 Å². The first-order valence-corrected chi connectivity index (χ1v) is 10.1. The predicted octanol–water partition coefficient (Wildman–Crippen LogP) is -0.0901. The van der Waals surface area contributed by atoms with E-state index in [2.05, 4.69) is 23.6 Å². The summed E-state index contributed by atoms with van der Waals surface area (Å²) in [5.74, 6) is -0.824. The molecule has 0 radical (unpaired) electrons. The molecule has 0 N–H and O–H groups in total. The number of hydrogen-bond acceptors (Lipinski definition) is 5. The van der Waals surface area contributed by atoms with Crippen LogP contribution >= 0.6 is 0 Å². The van der Waals surface area contributed by atoms with Gasteiger partial charge in [0.2, 0.25) is 11.8 Å². The van der Waals surface area contributed by atoms with E-state index in [1.54, 1.807) is 0 Å². The summed E-state index contributed by atoms with van der Waals surface area (Å²) in [5, 5.41) is 0. The Labute approximate surface area is 156 Å². The minimum atomic E-state index is -0.451. The van der Waals surface area contributed by atoms with Crippen LogP contribution in [0.5, 0.6) is 0 Å². The third-order valence-corrected chi connectivity index (χ3v) is 6.28. The summed E-state index contributed by atoms with van der Waals surface area (Å²) < 4.78 is 0. The van der Waals surface area contributed by atoms with Crippen LogP contribution in [0.25, 0.3) is 0 Å². The van der Waals surface area contributed by atoms with Gasteiger partial charge in [0.05, 0.1) is 11.8 Å². The molecule has 2 heterocycles. The Kier molecular flexibility index (Phi) is 6.29. The molecule has 2 amide bonds. The molecule has 0 aromatic rings. The highest BCUT2D eigenvalue weighted by Crippen LogP contribution is 2.33. The van der Waals surface area contributed by atoms with Crippen molar-refractivity contribution in [3.05, 3.63) is 0 Å². The fraction of sp³-hybridized carbons (Fsp3) is 0.842. The molecule has 0 aromatic heterocycles. The molecule has 146 valence electrons. The number of Topliss-reactive ketones (excluding diaryl/α,β-unsaturated/α-hetero) is 1. The van der Waals surface area contributed by atoms with Gasteiger partial charge in [-0.3, -0.25) is 14.4 Å². The smallest absolute Gasteiger partial charge is 0.227 e. The Morgan fingerprint density at radius 2 is 1.08 bits per heavy atom. The van der Waals surface area contributed by atoms with Crippen LogP contribution in [0.3, 0.4) is 0 Å². The molecule has 3 fully saturated rings. The van der Waals surface area contributed by atoms with E-state index in [0.717, 1.165) is 39.3 Å². The molecule has 3 aliphatic rings. The third-order valence-electron chi connectivity index (χ3n) is 6.28. The standard InChI is InChI=1S/C19H32N4O3/c1-3-20-5-9-22(10-6-20)18(25)16-13-15(24)14-17(16)19(26)23-11-7-21(4-2)8-12-23/h16-17H,3-14H2,1-2H3. The van der Waals surface area contributed by atoms with Crippen LogP contribution in [-0.2, 0) is 14.4 Å². The zero-order chi connectivity index (χ0) is 18.7. The average molecular weight is 364 g/mol. The van der Waals surface area contributed by atoms with E-state index in [9.17, 15) is 14.4 Å². The first-order chi connectivity index (χ1) is 12.5. The van der Waals surface area contributed by atoms with Gasteiger partial charge in [0, 0.05) is 65.2 Å². The molecule has 1 saturated carbocycles. The minimum absolute atomic E-state index is 0.0112. The van der Waals surface area contributed by atoms with Crippen molar-refractivity contribution >= 4 is 17.6 Å². The van der Waals surface area contributed by atoms with Gasteiger partial charge in [-0.1, -0.05) is 13.8 Å². The van der Waals surface area contributed by atoms with Gasteiger partial charge in [0.1, 0.15) is 5.78 Å². The number of likely N-dealkylation sites (N-methyl/N-ethyl adjacent to an activating group) is 2. The van der Waals surface area contributed by atoms with Crippen LogP contribution < -0.4 is 0 Å². The molecule has 26 heavy (non-hydrogen) atoms. The summed E-state index contributed by atoms with van der Waals surface area (Å²) >= 11 is 0. The maximum Gasteiger partial charge on any atom is 0.227 e. The van der Waals surface area contributed by atoms with Gasteiger partial charge in [0.15, 0.2) is 0 Å². The normalized spacial score (nSPS) is 28.6. The molecule has 0 spiro atoms. The maximum absolute atomic E-state index is 13.0. The van der Waals surface area contributed by atoms with Gasteiger partial charge >= 0.3 is 0 Å². The van der Waals surface area contributed by atoms with Crippen molar-refractivity contribution in [2.75, 3.05) is 65.4 Å². The van der Waals surface area contributed by atoms with Crippen LogP contribution in [0.2, 0.25) is 0 Å². The van der Waals surface area contributed by atoms with E-state index in [-0.39, 0.29) is 30.4 Å². The molecule has 2 unspecified atom stereocenters.